The number of hydrogen-bond acceptors (Lipinski definition) is 5. The summed E-state index contributed by atoms with van der Waals surface area (Å²) < 4.78 is 12.6. The van der Waals surface area contributed by atoms with Gasteiger partial charge in [0.25, 0.3) is 0 Å². The Morgan fingerprint density at radius 2 is 1.14 bits per heavy atom. The Morgan fingerprint density at radius 3 is 2.02 bits per heavy atom. The van der Waals surface area contributed by atoms with E-state index in [0.717, 1.165) is 88.7 Å². The van der Waals surface area contributed by atoms with Gasteiger partial charge in [-0.25, -0.2) is 9.98 Å². The number of amidine groups is 2. The number of nitrogens with one attached hydrogen (secondary N) is 1. The van der Waals surface area contributed by atoms with Crippen molar-refractivity contribution in [1.82, 2.24) is 5.32 Å². The van der Waals surface area contributed by atoms with Crippen LogP contribution in [-0.4, -0.2) is 11.7 Å². The number of nitrogens with zero attached hydrogens (tertiary/aromatic N) is 2. The third-order valence-electron chi connectivity index (χ3n) is 9.54. The predicted molar refractivity (Wildman–Crippen MR) is 204 cm³/mol. The third-order valence-corrected chi connectivity index (χ3v) is 9.54. The summed E-state index contributed by atoms with van der Waals surface area (Å²) in [5.74, 6) is 1.38. The summed E-state index contributed by atoms with van der Waals surface area (Å²) in [7, 11) is 0. The zero-order valence-electron chi connectivity index (χ0n) is 26.9. The summed E-state index contributed by atoms with van der Waals surface area (Å²) in [5.41, 5.74) is 10.8. The normalized spacial score (nSPS) is 14.6. The van der Waals surface area contributed by atoms with E-state index in [1.807, 2.05) is 42.5 Å². The molecule has 0 spiro atoms. The average molecular weight is 644 g/mol. The molecule has 0 amide bonds. The van der Waals surface area contributed by atoms with Crippen molar-refractivity contribution in [2.24, 2.45) is 9.98 Å². The van der Waals surface area contributed by atoms with Crippen LogP contribution in [0.2, 0.25) is 0 Å². The average Bonchev–Trinajstić information content (AvgIpc) is 3.76. The highest BCUT2D eigenvalue weighted by atomic mass is 16.3. The second kappa shape index (κ2) is 11.5. The van der Waals surface area contributed by atoms with Gasteiger partial charge in [0.1, 0.15) is 34.3 Å². The maximum atomic E-state index is 6.48. The van der Waals surface area contributed by atoms with Crippen molar-refractivity contribution < 1.29 is 8.83 Å². The first-order valence-electron chi connectivity index (χ1n) is 16.8. The number of para-hydroxylation sites is 1. The fourth-order valence-corrected chi connectivity index (χ4v) is 7.11. The molecule has 7 aromatic carbocycles. The number of aliphatic imine (C=N–C) groups is 2. The van der Waals surface area contributed by atoms with Crippen molar-refractivity contribution in [3.8, 4) is 22.3 Å². The summed E-state index contributed by atoms with van der Waals surface area (Å²) >= 11 is 0. The molecule has 1 aliphatic rings. The Kier molecular flexibility index (Phi) is 6.49. The molecule has 50 heavy (non-hydrogen) atoms. The molecule has 0 saturated heterocycles. The van der Waals surface area contributed by atoms with Gasteiger partial charge < -0.3 is 14.2 Å². The van der Waals surface area contributed by atoms with Crippen LogP contribution in [0.4, 0.5) is 0 Å². The lowest BCUT2D eigenvalue weighted by atomic mass is 9.99. The molecule has 0 radical (unpaired) electrons. The van der Waals surface area contributed by atoms with Crippen LogP contribution < -0.4 is 5.32 Å². The van der Waals surface area contributed by atoms with E-state index < -0.39 is 0 Å². The number of furan rings is 2. The minimum Gasteiger partial charge on any atom is -0.456 e. The van der Waals surface area contributed by atoms with Crippen molar-refractivity contribution in [1.29, 1.82) is 0 Å². The second-order valence-electron chi connectivity index (χ2n) is 12.6. The van der Waals surface area contributed by atoms with Crippen molar-refractivity contribution >= 4 is 55.5 Å². The van der Waals surface area contributed by atoms with E-state index in [2.05, 4.69) is 127 Å². The van der Waals surface area contributed by atoms with Crippen molar-refractivity contribution in [3.63, 3.8) is 0 Å². The zero-order valence-corrected chi connectivity index (χ0v) is 26.9. The van der Waals surface area contributed by atoms with Crippen molar-refractivity contribution in [2.75, 3.05) is 0 Å². The molecule has 10 rings (SSSR count). The molecular formula is C45H29N3O2. The molecule has 1 aliphatic heterocycles. The van der Waals surface area contributed by atoms with Gasteiger partial charge in [-0.15, -0.1) is 0 Å². The second-order valence-corrected chi connectivity index (χ2v) is 12.6. The molecule has 5 nitrogen and oxygen atoms in total. The van der Waals surface area contributed by atoms with Gasteiger partial charge in [-0.3, -0.25) is 0 Å². The molecule has 0 fully saturated rings. The highest BCUT2D eigenvalue weighted by Crippen LogP contribution is 2.38. The summed E-state index contributed by atoms with van der Waals surface area (Å²) in [6.07, 6.45) is -0.367. The van der Waals surface area contributed by atoms with E-state index in [1.165, 1.54) is 0 Å². The molecular weight excluding hydrogens is 615 g/mol. The maximum absolute atomic E-state index is 6.48. The fraction of sp³-hybridized carbons (Fsp3) is 0.0222. The van der Waals surface area contributed by atoms with Gasteiger partial charge >= 0.3 is 0 Å². The van der Waals surface area contributed by atoms with Gasteiger partial charge in [0.2, 0.25) is 0 Å². The van der Waals surface area contributed by atoms with E-state index in [-0.39, 0.29) is 6.17 Å². The zero-order chi connectivity index (χ0) is 33.0. The maximum Gasteiger partial charge on any atom is 0.159 e. The monoisotopic (exact) mass is 643 g/mol. The Labute approximate surface area is 287 Å². The van der Waals surface area contributed by atoms with E-state index in [0.29, 0.717) is 5.84 Å². The van der Waals surface area contributed by atoms with Crippen LogP contribution in [0, 0.1) is 0 Å². The molecule has 3 heterocycles. The summed E-state index contributed by atoms with van der Waals surface area (Å²) in [6, 6.07) is 56.4. The SMILES string of the molecule is c1ccc(-c2cccc(C3N=C(c4ccc5c(c4)oc4cccc(-c6ccccc6)c45)N=C(c4ccc5oc6ccccc6c5c4)N3)c2)cc1. The Hall–Kier alpha value is -6.72. The van der Waals surface area contributed by atoms with Crippen LogP contribution in [0.15, 0.2) is 183 Å². The first-order chi connectivity index (χ1) is 24.7. The van der Waals surface area contributed by atoms with Crippen LogP contribution >= 0.6 is 0 Å². The van der Waals surface area contributed by atoms with Gasteiger partial charge in [0.15, 0.2) is 5.84 Å². The van der Waals surface area contributed by atoms with Crippen LogP contribution in [-0.2, 0) is 0 Å². The Morgan fingerprint density at radius 1 is 0.440 bits per heavy atom. The lowest BCUT2D eigenvalue weighted by Crippen LogP contribution is -2.33. The smallest absolute Gasteiger partial charge is 0.159 e. The number of rotatable bonds is 5. The molecule has 0 bridgehead atoms. The van der Waals surface area contributed by atoms with Crippen LogP contribution in [0.1, 0.15) is 22.9 Å². The van der Waals surface area contributed by atoms with Crippen molar-refractivity contribution in [2.45, 2.75) is 6.17 Å². The van der Waals surface area contributed by atoms with E-state index >= 15 is 0 Å². The van der Waals surface area contributed by atoms with Gasteiger partial charge in [-0.1, -0.05) is 115 Å². The Bertz CT molecular complexity index is 2790. The van der Waals surface area contributed by atoms with Gasteiger partial charge in [-0.2, -0.15) is 0 Å². The summed E-state index contributed by atoms with van der Waals surface area (Å²) in [4.78, 5) is 10.4. The minimum atomic E-state index is -0.367. The molecule has 2 aromatic heterocycles. The number of hydrogen-bond donors (Lipinski definition) is 1. The minimum absolute atomic E-state index is 0.367. The highest BCUT2D eigenvalue weighted by molar-refractivity contribution is 6.17. The fourth-order valence-electron chi connectivity index (χ4n) is 7.11. The topological polar surface area (TPSA) is 63.0 Å². The molecule has 1 N–H and O–H groups in total. The summed E-state index contributed by atoms with van der Waals surface area (Å²) in [5, 5.41) is 7.95. The molecule has 0 aliphatic carbocycles. The summed E-state index contributed by atoms with van der Waals surface area (Å²) in [6.45, 7) is 0. The van der Waals surface area contributed by atoms with E-state index in [4.69, 9.17) is 18.8 Å². The van der Waals surface area contributed by atoms with Gasteiger partial charge in [0.05, 0.1) is 0 Å². The largest absolute Gasteiger partial charge is 0.456 e. The third kappa shape index (κ3) is 4.79. The van der Waals surface area contributed by atoms with Crippen LogP contribution in [0.5, 0.6) is 0 Å². The van der Waals surface area contributed by atoms with Crippen LogP contribution in [0.3, 0.4) is 0 Å². The van der Waals surface area contributed by atoms with Gasteiger partial charge in [0, 0.05) is 32.7 Å². The molecule has 236 valence electrons. The Balaban J connectivity index is 1.12. The molecule has 1 unspecified atom stereocenters. The van der Waals surface area contributed by atoms with Crippen LogP contribution in [0.25, 0.3) is 66.1 Å². The van der Waals surface area contributed by atoms with E-state index in [9.17, 15) is 0 Å². The standard InChI is InChI=1S/C45H29N3O2/c1-3-11-28(12-4-1)30-15-9-16-31(25-30)43-46-44(32-22-24-39-37(26-32)35-17-7-8-19-38(35)49-39)48-45(47-43)33-21-23-36-41(27-33)50-40-20-10-18-34(42(36)40)29-13-5-2-6-14-29/h1-27,43H,(H,46,47,48). The molecule has 9 aromatic rings. The van der Waals surface area contributed by atoms with E-state index in [1.54, 1.807) is 0 Å². The quantitative estimate of drug-likeness (QED) is 0.203. The highest BCUT2D eigenvalue weighted by Gasteiger charge is 2.23. The van der Waals surface area contributed by atoms with Gasteiger partial charge in [-0.05, 0) is 76.3 Å². The lowest BCUT2D eigenvalue weighted by molar-refractivity contribution is 0.667. The number of benzene rings is 7. The molecule has 1 atom stereocenters. The molecule has 0 saturated carbocycles. The predicted octanol–water partition coefficient (Wildman–Crippen LogP) is 11.3. The first kappa shape index (κ1) is 28.3. The van der Waals surface area contributed by atoms with Crippen molar-refractivity contribution in [3.05, 3.63) is 180 Å². The molecule has 5 heteroatoms. The lowest BCUT2D eigenvalue weighted by Gasteiger charge is -2.24. The first-order valence-corrected chi connectivity index (χ1v) is 16.8. The number of fused-ring (bicyclic) bond motifs is 6.